The first kappa shape index (κ1) is 20.3. The van der Waals surface area contributed by atoms with Crippen molar-refractivity contribution in [3.63, 3.8) is 0 Å². The summed E-state index contributed by atoms with van der Waals surface area (Å²) in [5.41, 5.74) is 3.94. The first-order valence-corrected chi connectivity index (χ1v) is 13.6. The third-order valence-electron chi connectivity index (χ3n) is 6.07. The molecule has 2 atom stereocenters. The first-order valence-electron chi connectivity index (χ1n) is 10.5. The van der Waals surface area contributed by atoms with Crippen LogP contribution in [0, 0.1) is 5.92 Å². The van der Waals surface area contributed by atoms with Crippen molar-refractivity contribution < 1.29 is 9.16 Å². The molecule has 0 radical (unpaired) electrons. The van der Waals surface area contributed by atoms with Gasteiger partial charge in [0.2, 0.25) is 8.32 Å². The second kappa shape index (κ2) is 7.50. The molecule has 148 valence electrons. The molecule has 0 bridgehead atoms. The first-order chi connectivity index (χ1) is 12.7. The summed E-state index contributed by atoms with van der Waals surface area (Å²) in [7, 11) is -1.85. The minimum absolute atomic E-state index is 0.148. The Balaban J connectivity index is 2.15. The predicted octanol–water partition coefficient (Wildman–Crippen LogP) is 7.02. The number of allylic oxidation sites excluding steroid dienone is 3. The molecule has 1 aromatic rings. The van der Waals surface area contributed by atoms with E-state index in [9.17, 15) is 0 Å². The maximum atomic E-state index is 6.74. The van der Waals surface area contributed by atoms with E-state index in [2.05, 4.69) is 65.6 Å². The molecule has 0 saturated carbocycles. The SMILES string of the molecule is C=CC[Si](C)(C)Oc1cc(CCC)cc2c1[C@@H]1C=C(C)CC[C@H]1C(C)(C)O2. The number of aryl methyl sites for hydroxylation is 1. The zero-order valence-electron chi connectivity index (χ0n) is 18.0. The van der Waals surface area contributed by atoms with E-state index in [1.807, 2.05) is 6.08 Å². The van der Waals surface area contributed by atoms with Gasteiger partial charge in [-0.3, -0.25) is 0 Å². The van der Waals surface area contributed by atoms with Crippen molar-refractivity contribution in [2.75, 3.05) is 0 Å². The molecule has 0 saturated heterocycles. The van der Waals surface area contributed by atoms with Crippen molar-refractivity contribution in [2.45, 2.75) is 84.0 Å². The van der Waals surface area contributed by atoms with Gasteiger partial charge in [-0.15, -0.1) is 6.58 Å². The molecule has 0 N–H and O–H groups in total. The molecule has 0 spiro atoms. The number of ether oxygens (including phenoxy) is 1. The number of hydrogen-bond acceptors (Lipinski definition) is 2. The molecule has 1 aliphatic carbocycles. The van der Waals surface area contributed by atoms with Gasteiger partial charge in [0.15, 0.2) is 0 Å². The molecule has 1 heterocycles. The van der Waals surface area contributed by atoms with Crippen LogP contribution in [0.4, 0.5) is 0 Å². The Bertz CT molecular complexity index is 745. The van der Waals surface area contributed by atoms with E-state index in [0.29, 0.717) is 11.8 Å². The molecule has 2 aliphatic rings. The molecule has 0 aromatic heterocycles. The highest BCUT2D eigenvalue weighted by Gasteiger charge is 2.45. The number of benzene rings is 1. The van der Waals surface area contributed by atoms with Gasteiger partial charge in [-0.25, -0.2) is 0 Å². The highest BCUT2D eigenvalue weighted by molar-refractivity contribution is 6.72. The lowest BCUT2D eigenvalue weighted by Crippen LogP contribution is -2.45. The smallest absolute Gasteiger partial charge is 0.248 e. The Hall–Kier alpha value is -1.48. The highest BCUT2D eigenvalue weighted by atomic mass is 28.4. The molecule has 0 fully saturated rings. The van der Waals surface area contributed by atoms with Crippen LogP contribution in [-0.4, -0.2) is 13.9 Å². The lowest BCUT2D eigenvalue weighted by Gasteiger charge is -2.47. The summed E-state index contributed by atoms with van der Waals surface area (Å²) in [6, 6.07) is 5.51. The molecule has 27 heavy (non-hydrogen) atoms. The van der Waals surface area contributed by atoms with Gasteiger partial charge in [0.05, 0.1) is 0 Å². The lowest BCUT2D eigenvalue weighted by atomic mass is 9.68. The topological polar surface area (TPSA) is 18.5 Å². The van der Waals surface area contributed by atoms with Gasteiger partial charge in [-0.05, 0) is 76.9 Å². The molecule has 1 aliphatic heterocycles. The number of hydrogen-bond donors (Lipinski definition) is 0. The summed E-state index contributed by atoms with van der Waals surface area (Å²) < 4.78 is 13.4. The van der Waals surface area contributed by atoms with Gasteiger partial charge in [-0.1, -0.05) is 31.1 Å². The van der Waals surface area contributed by atoms with Crippen LogP contribution in [0.15, 0.2) is 36.4 Å². The maximum absolute atomic E-state index is 6.74. The molecular weight excluding hydrogens is 348 g/mol. The monoisotopic (exact) mass is 384 g/mol. The summed E-state index contributed by atoms with van der Waals surface area (Å²) >= 11 is 0. The second-order valence-electron chi connectivity index (χ2n) is 9.50. The minimum atomic E-state index is -1.85. The van der Waals surface area contributed by atoms with E-state index in [1.54, 1.807) is 0 Å². The summed E-state index contributed by atoms with van der Waals surface area (Å²) in [6.45, 7) is 17.5. The highest BCUT2D eigenvalue weighted by Crippen LogP contribution is 2.54. The van der Waals surface area contributed by atoms with Gasteiger partial charge in [0.25, 0.3) is 0 Å². The van der Waals surface area contributed by atoms with Crippen molar-refractivity contribution >= 4 is 8.32 Å². The molecule has 0 unspecified atom stereocenters. The third kappa shape index (κ3) is 4.18. The largest absolute Gasteiger partial charge is 0.543 e. The Kier molecular flexibility index (Phi) is 5.63. The fourth-order valence-electron chi connectivity index (χ4n) is 4.77. The van der Waals surface area contributed by atoms with Crippen LogP contribution in [0.5, 0.6) is 11.5 Å². The van der Waals surface area contributed by atoms with Crippen molar-refractivity contribution in [3.8, 4) is 11.5 Å². The Morgan fingerprint density at radius 1 is 1.33 bits per heavy atom. The second-order valence-corrected chi connectivity index (χ2v) is 13.6. The van der Waals surface area contributed by atoms with Crippen molar-refractivity contribution in [3.05, 3.63) is 47.6 Å². The van der Waals surface area contributed by atoms with E-state index < -0.39 is 8.32 Å². The Morgan fingerprint density at radius 2 is 2.07 bits per heavy atom. The summed E-state index contributed by atoms with van der Waals surface area (Å²) in [5.74, 6) is 2.98. The average Bonchev–Trinajstić information content (AvgIpc) is 2.53. The standard InChI is InChI=1S/C24H36O2Si/c1-8-10-18-15-21-23(22(16-18)26-27(6,7)13-9-2)19-14-17(3)11-12-20(19)24(4,5)25-21/h9,14-16,19-20H,2,8,10-13H2,1,3-7H3/t19-,20-/m1/s1. The van der Waals surface area contributed by atoms with Gasteiger partial charge in [0.1, 0.15) is 17.1 Å². The zero-order valence-corrected chi connectivity index (χ0v) is 19.0. The summed E-state index contributed by atoms with van der Waals surface area (Å²) in [4.78, 5) is 0. The zero-order chi connectivity index (χ0) is 19.8. The average molecular weight is 385 g/mol. The van der Waals surface area contributed by atoms with Crippen molar-refractivity contribution in [2.24, 2.45) is 5.92 Å². The van der Waals surface area contributed by atoms with E-state index in [4.69, 9.17) is 9.16 Å². The summed E-state index contributed by atoms with van der Waals surface area (Å²) in [6.07, 6.45) is 9.01. The molecule has 1 aromatic carbocycles. The molecule has 0 amide bonds. The normalized spacial score (nSPS) is 23.6. The van der Waals surface area contributed by atoms with E-state index in [0.717, 1.165) is 30.4 Å². The molecule has 2 nitrogen and oxygen atoms in total. The molecular formula is C24H36O2Si. The lowest BCUT2D eigenvalue weighted by molar-refractivity contribution is 0.0110. The van der Waals surface area contributed by atoms with Crippen LogP contribution in [0.3, 0.4) is 0 Å². The van der Waals surface area contributed by atoms with Crippen molar-refractivity contribution in [1.82, 2.24) is 0 Å². The van der Waals surface area contributed by atoms with Gasteiger partial charge in [0, 0.05) is 17.4 Å². The molecule has 3 rings (SSSR count). The van der Waals surface area contributed by atoms with Gasteiger partial charge in [-0.2, -0.15) is 0 Å². The predicted molar refractivity (Wildman–Crippen MR) is 117 cm³/mol. The van der Waals surface area contributed by atoms with Crippen molar-refractivity contribution in [1.29, 1.82) is 0 Å². The van der Waals surface area contributed by atoms with Gasteiger partial charge >= 0.3 is 0 Å². The molecule has 3 heteroatoms. The van der Waals surface area contributed by atoms with E-state index in [-0.39, 0.29) is 5.60 Å². The van der Waals surface area contributed by atoms with Crippen LogP contribution in [0.1, 0.15) is 64.0 Å². The quantitative estimate of drug-likeness (QED) is 0.387. The summed E-state index contributed by atoms with van der Waals surface area (Å²) in [5, 5.41) is 0. The van der Waals surface area contributed by atoms with Crippen LogP contribution in [-0.2, 0) is 6.42 Å². The fraction of sp³-hybridized carbons (Fsp3) is 0.583. The van der Waals surface area contributed by atoms with Crippen LogP contribution < -0.4 is 9.16 Å². The van der Waals surface area contributed by atoms with Gasteiger partial charge < -0.3 is 9.16 Å². The van der Waals surface area contributed by atoms with E-state index in [1.165, 1.54) is 29.5 Å². The Morgan fingerprint density at radius 3 is 2.74 bits per heavy atom. The van der Waals surface area contributed by atoms with Crippen LogP contribution in [0.2, 0.25) is 19.1 Å². The minimum Gasteiger partial charge on any atom is -0.543 e. The van der Waals surface area contributed by atoms with Crippen LogP contribution in [0.25, 0.3) is 0 Å². The number of fused-ring (bicyclic) bond motifs is 3. The number of rotatable bonds is 6. The van der Waals surface area contributed by atoms with Crippen LogP contribution >= 0.6 is 0 Å². The van der Waals surface area contributed by atoms with E-state index >= 15 is 0 Å². The Labute approximate surface area is 166 Å². The third-order valence-corrected chi connectivity index (χ3v) is 8.12. The fourth-order valence-corrected chi connectivity index (χ4v) is 6.31. The maximum Gasteiger partial charge on any atom is 0.248 e.